The van der Waals surface area contributed by atoms with Crippen molar-refractivity contribution in [3.63, 3.8) is 0 Å². The van der Waals surface area contributed by atoms with Crippen LogP contribution >= 0.6 is 11.3 Å². The second-order valence-corrected chi connectivity index (χ2v) is 5.84. The summed E-state index contributed by atoms with van der Waals surface area (Å²) in [7, 11) is 2.01. The fourth-order valence-corrected chi connectivity index (χ4v) is 3.45. The Morgan fingerprint density at radius 3 is 3.22 bits per heavy atom. The predicted molar refractivity (Wildman–Crippen MR) is 72.3 cm³/mol. The molecule has 96 valence electrons. The maximum absolute atomic E-state index is 13.1. The van der Waals surface area contributed by atoms with Gasteiger partial charge in [0.15, 0.2) is 0 Å². The smallest absolute Gasteiger partial charge is 0.124 e. The molecule has 3 rings (SSSR count). The number of fused-ring (bicyclic) bond motifs is 1. The van der Waals surface area contributed by atoms with Gasteiger partial charge in [0, 0.05) is 19.1 Å². The summed E-state index contributed by atoms with van der Waals surface area (Å²) in [5.74, 6) is -0.186. The summed E-state index contributed by atoms with van der Waals surface area (Å²) >= 11 is 1.59. The van der Waals surface area contributed by atoms with Gasteiger partial charge in [0.2, 0.25) is 0 Å². The van der Waals surface area contributed by atoms with Crippen molar-refractivity contribution in [2.24, 2.45) is 0 Å². The van der Waals surface area contributed by atoms with Crippen LogP contribution in [0.4, 0.5) is 4.39 Å². The van der Waals surface area contributed by atoms with Crippen molar-refractivity contribution in [1.29, 1.82) is 0 Å². The second kappa shape index (κ2) is 4.91. The SMILES string of the molecule is CNC1CCN(Cc2nc3ccc(F)cc3s2)C1. The number of hydrogen-bond donors (Lipinski definition) is 1. The number of aromatic nitrogens is 1. The van der Waals surface area contributed by atoms with Crippen LogP contribution < -0.4 is 5.32 Å². The Hall–Kier alpha value is -1.04. The predicted octanol–water partition coefficient (Wildman–Crippen LogP) is 2.23. The summed E-state index contributed by atoms with van der Waals surface area (Å²) in [4.78, 5) is 6.96. The van der Waals surface area contributed by atoms with Crippen LogP contribution in [0, 0.1) is 5.82 Å². The van der Waals surface area contributed by atoms with Gasteiger partial charge in [-0.1, -0.05) is 0 Å². The van der Waals surface area contributed by atoms with Crippen LogP contribution in [0.5, 0.6) is 0 Å². The molecule has 1 N–H and O–H groups in total. The fourth-order valence-electron chi connectivity index (χ4n) is 2.42. The van der Waals surface area contributed by atoms with Crippen LogP contribution in [0.15, 0.2) is 18.2 Å². The van der Waals surface area contributed by atoms with Gasteiger partial charge in [0.25, 0.3) is 0 Å². The number of likely N-dealkylation sites (tertiary alicyclic amines) is 1. The number of likely N-dealkylation sites (N-methyl/N-ethyl adjacent to an activating group) is 1. The van der Waals surface area contributed by atoms with Gasteiger partial charge in [0.05, 0.1) is 16.8 Å². The van der Waals surface area contributed by atoms with Gasteiger partial charge in [-0.3, -0.25) is 4.90 Å². The average Bonchev–Trinajstić information content (AvgIpc) is 2.95. The highest BCUT2D eigenvalue weighted by atomic mass is 32.1. The Morgan fingerprint density at radius 2 is 2.44 bits per heavy atom. The molecule has 1 fully saturated rings. The molecule has 0 saturated carbocycles. The third-order valence-electron chi connectivity index (χ3n) is 3.43. The van der Waals surface area contributed by atoms with E-state index < -0.39 is 0 Å². The zero-order valence-corrected chi connectivity index (χ0v) is 11.1. The summed E-state index contributed by atoms with van der Waals surface area (Å²) in [6.07, 6.45) is 1.19. The lowest BCUT2D eigenvalue weighted by molar-refractivity contribution is 0.322. The molecule has 0 bridgehead atoms. The topological polar surface area (TPSA) is 28.2 Å². The van der Waals surface area contributed by atoms with E-state index in [2.05, 4.69) is 15.2 Å². The molecular formula is C13H16FN3S. The number of thiazole rings is 1. The van der Waals surface area contributed by atoms with Crippen LogP contribution in [0.1, 0.15) is 11.4 Å². The molecule has 0 radical (unpaired) electrons. The summed E-state index contributed by atoms with van der Waals surface area (Å²) in [5, 5.41) is 4.38. The van der Waals surface area contributed by atoms with Crippen molar-refractivity contribution in [1.82, 2.24) is 15.2 Å². The zero-order valence-electron chi connectivity index (χ0n) is 10.3. The lowest BCUT2D eigenvalue weighted by Crippen LogP contribution is -2.29. The summed E-state index contributed by atoms with van der Waals surface area (Å²) in [5.41, 5.74) is 0.903. The van der Waals surface area contributed by atoms with Gasteiger partial charge in [-0.05, 0) is 31.7 Å². The van der Waals surface area contributed by atoms with Gasteiger partial charge in [-0.15, -0.1) is 11.3 Å². The maximum Gasteiger partial charge on any atom is 0.124 e. The molecule has 1 unspecified atom stereocenters. The molecule has 1 aliphatic rings. The number of nitrogens with one attached hydrogen (secondary N) is 1. The first-order valence-corrected chi connectivity index (χ1v) is 7.01. The highest BCUT2D eigenvalue weighted by Crippen LogP contribution is 2.24. The molecule has 1 aliphatic heterocycles. The van der Waals surface area contributed by atoms with E-state index in [1.54, 1.807) is 23.5 Å². The maximum atomic E-state index is 13.1. The quantitative estimate of drug-likeness (QED) is 0.922. The van der Waals surface area contributed by atoms with E-state index >= 15 is 0 Å². The van der Waals surface area contributed by atoms with Crippen molar-refractivity contribution < 1.29 is 4.39 Å². The summed E-state index contributed by atoms with van der Waals surface area (Å²) < 4.78 is 14.0. The normalized spacial score (nSPS) is 20.9. The van der Waals surface area contributed by atoms with Crippen molar-refractivity contribution >= 4 is 21.6 Å². The highest BCUT2D eigenvalue weighted by molar-refractivity contribution is 7.18. The molecule has 1 saturated heterocycles. The molecule has 0 spiro atoms. The largest absolute Gasteiger partial charge is 0.316 e. The Bertz CT molecular complexity index is 554. The van der Waals surface area contributed by atoms with Gasteiger partial charge in [-0.2, -0.15) is 0 Å². The zero-order chi connectivity index (χ0) is 12.5. The molecule has 1 atom stereocenters. The van der Waals surface area contributed by atoms with Crippen LogP contribution in [0.25, 0.3) is 10.2 Å². The van der Waals surface area contributed by atoms with E-state index in [9.17, 15) is 4.39 Å². The Balaban J connectivity index is 1.75. The minimum Gasteiger partial charge on any atom is -0.316 e. The third kappa shape index (κ3) is 2.39. The first kappa shape index (κ1) is 12.0. The number of benzene rings is 1. The molecule has 5 heteroatoms. The van der Waals surface area contributed by atoms with E-state index in [1.807, 2.05) is 7.05 Å². The molecule has 3 nitrogen and oxygen atoms in total. The second-order valence-electron chi connectivity index (χ2n) is 4.73. The van der Waals surface area contributed by atoms with Crippen LogP contribution in [-0.2, 0) is 6.54 Å². The van der Waals surface area contributed by atoms with Crippen molar-refractivity contribution in [2.45, 2.75) is 19.0 Å². The van der Waals surface area contributed by atoms with E-state index in [0.29, 0.717) is 6.04 Å². The van der Waals surface area contributed by atoms with E-state index in [1.165, 1.54) is 12.5 Å². The Labute approximate surface area is 110 Å². The molecule has 1 aromatic heterocycles. The Kier molecular flexibility index (Phi) is 3.28. The van der Waals surface area contributed by atoms with Crippen molar-refractivity contribution in [2.75, 3.05) is 20.1 Å². The fraction of sp³-hybridized carbons (Fsp3) is 0.462. The summed E-state index contributed by atoms with van der Waals surface area (Å²) in [6, 6.07) is 5.39. The standard InChI is InChI=1S/C13H16FN3S/c1-15-10-4-5-17(7-10)8-13-16-11-3-2-9(14)6-12(11)18-13/h2-3,6,10,15H,4-5,7-8H2,1H3. The minimum absolute atomic E-state index is 0.186. The van der Waals surface area contributed by atoms with Gasteiger partial charge in [0.1, 0.15) is 10.8 Å². The number of nitrogens with zero attached hydrogens (tertiary/aromatic N) is 2. The minimum atomic E-state index is -0.186. The van der Waals surface area contributed by atoms with Gasteiger partial charge < -0.3 is 5.32 Å². The van der Waals surface area contributed by atoms with Crippen LogP contribution in [0.3, 0.4) is 0 Å². The van der Waals surface area contributed by atoms with Crippen LogP contribution in [-0.4, -0.2) is 36.1 Å². The number of hydrogen-bond acceptors (Lipinski definition) is 4. The molecular weight excluding hydrogens is 249 g/mol. The van der Waals surface area contributed by atoms with E-state index in [4.69, 9.17) is 0 Å². The van der Waals surface area contributed by atoms with Gasteiger partial charge >= 0.3 is 0 Å². The molecule has 1 aromatic carbocycles. The molecule has 0 aliphatic carbocycles. The number of rotatable bonds is 3. The first-order valence-electron chi connectivity index (χ1n) is 6.19. The molecule has 2 aromatic rings. The third-order valence-corrected chi connectivity index (χ3v) is 4.44. The van der Waals surface area contributed by atoms with Crippen LogP contribution in [0.2, 0.25) is 0 Å². The lowest BCUT2D eigenvalue weighted by Gasteiger charge is -2.13. The lowest BCUT2D eigenvalue weighted by atomic mass is 10.3. The molecule has 18 heavy (non-hydrogen) atoms. The highest BCUT2D eigenvalue weighted by Gasteiger charge is 2.21. The van der Waals surface area contributed by atoms with Crippen molar-refractivity contribution in [3.8, 4) is 0 Å². The van der Waals surface area contributed by atoms with Crippen molar-refractivity contribution in [3.05, 3.63) is 29.0 Å². The number of halogens is 1. The average molecular weight is 265 g/mol. The molecule has 0 amide bonds. The summed E-state index contributed by atoms with van der Waals surface area (Å²) in [6.45, 7) is 3.05. The van der Waals surface area contributed by atoms with Gasteiger partial charge in [-0.25, -0.2) is 9.37 Å². The first-order chi connectivity index (χ1) is 8.74. The Morgan fingerprint density at radius 1 is 1.56 bits per heavy atom. The van der Waals surface area contributed by atoms with E-state index in [0.717, 1.165) is 34.9 Å². The van der Waals surface area contributed by atoms with E-state index in [-0.39, 0.29) is 5.82 Å². The monoisotopic (exact) mass is 265 g/mol. The molecule has 2 heterocycles.